The number of imidazole rings is 1. The molecule has 1 aliphatic rings. The number of anilines is 1. The van der Waals surface area contributed by atoms with Crippen LogP contribution in [0.1, 0.15) is 49.2 Å². The average molecular weight is 494 g/mol. The van der Waals surface area contributed by atoms with Crippen LogP contribution in [0.4, 0.5) is 14.7 Å². The number of para-hydroxylation sites is 2. The Morgan fingerprint density at radius 2 is 1.86 bits per heavy atom. The van der Waals surface area contributed by atoms with Gasteiger partial charge in [0.15, 0.2) is 11.6 Å². The highest BCUT2D eigenvalue weighted by Gasteiger charge is 2.27. The molecule has 0 saturated carbocycles. The quantitative estimate of drug-likeness (QED) is 0.390. The van der Waals surface area contributed by atoms with E-state index in [-0.39, 0.29) is 5.95 Å². The fourth-order valence-electron chi connectivity index (χ4n) is 4.44. The Labute approximate surface area is 208 Å². The highest BCUT2D eigenvalue weighted by Crippen LogP contribution is 2.28. The first-order valence-electron chi connectivity index (χ1n) is 12.0. The number of morpholine rings is 1. The van der Waals surface area contributed by atoms with Crippen molar-refractivity contribution in [3.05, 3.63) is 71.3 Å². The van der Waals surface area contributed by atoms with Gasteiger partial charge in [-0.05, 0) is 50.5 Å². The predicted molar refractivity (Wildman–Crippen MR) is 134 cm³/mol. The van der Waals surface area contributed by atoms with Gasteiger partial charge < -0.3 is 15.4 Å². The summed E-state index contributed by atoms with van der Waals surface area (Å²) >= 11 is 0. The number of hydrogen-bond acceptors (Lipinski definition) is 7. The van der Waals surface area contributed by atoms with Crippen LogP contribution in [0.5, 0.6) is 0 Å². The lowest BCUT2D eigenvalue weighted by atomic mass is 9.92. The molecule has 0 bridgehead atoms. The first-order valence-corrected chi connectivity index (χ1v) is 12.0. The first-order chi connectivity index (χ1) is 17.3. The van der Waals surface area contributed by atoms with Gasteiger partial charge in [0.1, 0.15) is 6.10 Å². The Balaban J connectivity index is 1.59. The van der Waals surface area contributed by atoms with Crippen molar-refractivity contribution in [1.82, 2.24) is 29.8 Å². The van der Waals surface area contributed by atoms with Crippen molar-refractivity contribution in [2.75, 3.05) is 25.0 Å². The topological polar surface area (TPSA) is 89.8 Å². The molecule has 188 valence electrons. The number of rotatable bonds is 7. The summed E-state index contributed by atoms with van der Waals surface area (Å²) in [6.45, 7) is 7.93. The molecule has 0 aliphatic carbocycles. The second-order valence-electron chi connectivity index (χ2n) is 9.59. The van der Waals surface area contributed by atoms with Crippen LogP contribution >= 0.6 is 0 Å². The molecule has 5 rings (SSSR count). The lowest BCUT2D eigenvalue weighted by molar-refractivity contribution is 0.0220. The molecule has 3 heterocycles. The summed E-state index contributed by atoms with van der Waals surface area (Å²) in [4.78, 5) is 18.0. The number of fused-ring (bicyclic) bond motifs is 1. The van der Waals surface area contributed by atoms with E-state index in [0.29, 0.717) is 42.4 Å². The normalized spacial score (nSPS) is 16.6. The molecule has 0 radical (unpaired) electrons. The molecule has 1 atom stereocenters. The Hall–Kier alpha value is -3.50. The van der Waals surface area contributed by atoms with E-state index in [0.717, 1.165) is 6.54 Å². The predicted octanol–water partition coefficient (Wildman–Crippen LogP) is 4.55. The summed E-state index contributed by atoms with van der Waals surface area (Å²) in [5, 5.41) is 6.68. The second-order valence-corrected chi connectivity index (χ2v) is 9.59. The second kappa shape index (κ2) is 9.87. The zero-order chi connectivity index (χ0) is 25.3. The molecule has 10 heteroatoms. The van der Waals surface area contributed by atoms with Crippen LogP contribution in [-0.4, -0.2) is 49.7 Å². The summed E-state index contributed by atoms with van der Waals surface area (Å²) in [6, 6.07) is 15.2. The van der Waals surface area contributed by atoms with Crippen molar-refractivity contribution in [3.8, 4) is 5.95 Å². The monoisotopic (exact) mass is 493 g/mol. The van der Waals surface area contributed by atoms with E-state index in [4.69, 9.17) is 4.74 Å². The highest BCUT2D eigenvalue weighted by molar-refractivity contribution is 5.77. The van der Waals surface area contributed by atoms with Gasteiger partial charge in [0.25, 0.3) is 6.43 Å². The number of nitrogens with one attached hydrogen (secondary N) is 2. The Morgan fingerprint density at radius 3 is 2.61 bits per heavy atom. The van der Waals surface area contributed by atoms with Crippen LogP contribution in [0, 0.1) is 6.92 Å². The fourth-order valence-corrected chi connectivity index (χ4v) is 4.44. The molecule has 2 aromatic heterocycles. The van der Waals surface area contributed by atoms with E-state index in [2.05, 4.69) is 63.5 Å². The molecule has 1 aliphatic heterocycles. The van der Waals surface area contributed by atoms with Crippen molar-refractivity contribution in [1.29, 1.82) is 0 Å². The van der Waals surface area contributed by atoms with E-state index in [1.54, 1.807) is 24.3 Å². The van der Waals surface area contributed by atoms with Gasteiger partial charge in [0, 0.05) is 18.6 Å². The molecule has 1 unspecified atom stereocenters. The fraction of sp³-hybridized carbons (Fsp3) is 0.385. The maximum Gasteiger partial charge on any atom is 0.296 e. The Bertz CT molecular complexity index is 1370. The number of aromatic nitrogens is 5. The molecular formula is C26H29F2N7O. The zero-order valence-electron chi connectivity index (χ0n) is 20.5. The molecule has 0 spiro atoms. The first kappa shape index (κ1) is 24.2. The molecule has 8 nitrogen and oxygen atoms in total. The maximum atomic E-state index is 14.1. The average Bonchev–Trinajstić information content (AvgIpc) is 3.26. The van der Waals surface area contributed by atoms with Gasteiger partial charge >= 0.3 is 0 Å². The van der Waals surface area contributed by atoms with E-state index >= 15 is 0 Å². The number of alkyl halides is 2. The van der Waals surface area contributed by atoms with Crippen molar-refractivity contribution in [2.45, 2.75) is 45.3 Å². The zero-order valence-corrected chi connectivity index (χ0v) is 20.5. The molecule has 2 N–H and O–H groups in total. The van der Waals surface area contributed by atoms with Gasteiger partial charge in [-0.15, -0.1) is 0 Å². The van der Waals surface area contributed by atoms with Crippen molar-refractivity contribution < 1.29 is 13.5 Å². The van der Waals surface area contributed by atoms with Gasteiger partial charge in [-0.25, -0.2) is 13.8 Å². The summed E-state index contributed by atoms with van der Waals surface area (Å²) in [5.41, 5.74) is 2.90. The molecule has 36 heavy (non-hydrogen) atoms. The van der Waals surface area contributed by atoms with Crippen LogP contribution in [-0.2, 0) is 11.2 Å². The van der Waals surface area contributed by atoms with Gasteiger partial charge in [-0.3, -0.25) is 4.57 Å². The molecule has 1 fully saturated rings. The molecular weight excluding hydrogens is 464 g/mol. The van der Waals surface area contributed by atoms with Gasteiger partial charge in [-0.2, -0.15) is 15.0 Å². The van der Waals surface area contributed by atoms with E-state index in [1.165, 1.54) is 15.7 Å². The summed E-state index contributed by atoms with van der Waals surface area (Å²) in [6.07, 6.45) is -2.52. The largest absolute Gasteiger partial charge is 0.368 e. The summed E-state index contributed by atoms with van der Waals surface area (Å²) < 4.78 is 35.3. The van der Waals surface area contributed by atoms with Crippen LogP contribution < -0.4 is 10.6 Å². The minimum absolute atomic E-state index is 0.0763. The van der Waals surface area contributed by atoms with Gasteiger partial charge in [0.05, 0.1) is 17.6 Å². The Morgan fingerprint density at radius 1 is 1.08 bits per heavy atom. The minimum atomic E-state index is -2.81. The minimum Gasteiger partial charge on any atom is -0.368 e. The number of aryl methyl sites for hydroxylation is 1. The summed E-state index contributed by atoms with van der Waals surface area (Å²) in [7, 11) is 0. The third-order valence-corrected chi connectivity index (χ3v) is 6.18. The highest BCUT2D eigenvalue weighted by atomic mass is 19.3. The lowest BCUT2D eigenvalue weighted by Gasteiger charge is -2.28. The Kier molecular flexibility index (Phi) is 6.63. The van der Waals surface area contributed by atoms with Crippen LogP contribution in [0.2, 0.25) is 0 Å². The third kappa shape index (κ3) is 5.05. The molecule has 2 aromatic carbocycles. The maximum absolute atomic E-state index is 14.1. The van der Waals surface area contributed by atoms with Gasteiger partial charge in [-0.1, -0.05) is 36.4 Å². The smallest absolute Gasteiger partial charge is 0.296 e. The SMILES string of the molecule is Cc1ccccc1CC(C)(C)Nc1nc(C2CNCCO2)nc(-n2c(C(F)F)nc3ccccc32)n1. The standard InChI is InChI=1S/C26H29F2N7O/c1-16-8-4-5-9-17(16)14-26(2,3)34-24-31-22(20-15-29-12-13-36-20)32-25(33-24)35-19-11-7-6-10-18(19)30-23(35)21(27)28/h4-11,20-21,29H,12-15H2,1-3H3,(H,31,32,33,34). The third-order valence-electron chi connectivity index (χ3n) is 6.18. The number of halogens is 2. The number of ether oxygens (including phenoxy) is 1. The van der Waals surface area contributed by atoms with Crippen molar-refractivity contribution in [3.63, 3.8) is 0 Å². The number of benzene rings is 2. The van der Waals surface area contributed by atoms with E-state index in [1.807, 2.05) is 12.1 Å². The number of hydrogen-bond donors (Lipinski definition) is 2. The number of nitrogens with zero attached hydrogens (tertiary/aromatic N) is 5. The van der Waals surface area contributed by atoms with E-state index < -0.39 is 23.9 Å². The van der Waals surface area contributed by atoms with E-state index in [9.17, 15) is 8.78 Å². The molecule has 1 saturated heterocycles. The summed E-state index contributed by atoms with van der Waals surface area (Å²) in [5.74, 6) is 0.327. The lowest BCUT2D eigenvalue weighted by Crippen LogP contribution is -2.36. The molecule has 0 amide bonds. The van der Waals surface area contributed by atoms with Crippen LogP contribution in [0.3, 0.4) is 0 Å². The van der Waals surface area contributed by atoms with Crippen molar-refractivity contribution in [2.24, 2.45) is 0 Å². The van der Waals surface area contributed by atoms with Crippen molar-refractivity contribution >= 4 is 17.0 Å². The van der Waals surface area contributed by atoms with Gasteiger partial charge in [0.2, 0.25) is 11.9 Å². The molecule has 4 aromatic rings. The van der Waals surface area contributed by atoms with Crippen LogP contribution in [0.25, 0.3) is 17.0 Å². The van der Waals surface area contributed by atoms with Crippen LogP contribution in [0.15, 0.2) is 48.5 Å².